The number of pyridine rings is 1. The Hall–Kier alpha value is -1.62. The summed E-state index contributed by atoms with van der Waals surface area (Å²) < 4.78 is 0. The fraction of sp³-hybridized carbons (Fsp3) is 0.455. The molecule has 0 radical (unpaired) electrons. The largest absolute Gasteiger partial charge is 0.352 e. The first kappa shape index (κ1) is 12.4. The van der Waals surface area contributed by atoms with Crippen molar-refractivity contribution in [2.45, 2.75) is 26.2 Å². The van der Waals surface area contributed by atoms with E-state index in [-0.39, 0.29) is 5.91 Å². The molecule has 1 amide bonds. The normalized spacial score (nSPS) is 9.88. The average molecular weight is 222 g/mol. The molecule has 16 heavy (non-hydrogen) atoms. The van der Waals surface area contributed by atoms with Crippen molar-refractivity contribution in [3.05, 3.63) is 23.9 Å². The summed E-state index contributed by atoms with van der Waals surface area (Å²) >= 11 is 0. The molecule has 0 unspecified atom stereocenters. The summed E-state index contributed by atoms with van der Waals surface area (Å²) in [6.45, 7) is 2.84. The van der Waals surface area contributed by atoms with Crippen molar-refractivity contribution in [3.63, 3.8) is 0 Å². The quantitative estimate of drug-likeness (QED) is 0.385. The average Bonchev–Trinajstić information content (AvgIpc) is 2.34. The molecule has 88 valence electrons. The lowest BCUT2D eigenvalue weighted by atomic mass is 10.2. The zero-order valence-electron chi connectivity index (χ0n) is 9.49. The van der Waals surface area contributed by atoms with Gasteiger partial charge < -0.3 is 10.7 Å². The summed E-state index contributed by atoms with van der Waals surface area (Å²) in [6.07, 6.45) is 4.80. The lowest BCUT2D eigenvalue weighted by molar-refractivity contribution is 0.0952. The minimum atomic E-state index is -0.0906. The van der Waals surface area contributed by atoms with E-state index in [0.29, 0.717) is 17.9 Å². The van der Waals surface area contributed by atoms with Crippen molar-refractivity contribution < 1.29 is 4.79 Å². The number of hydrogen-bond donors (Lipinski definition) is 3. The van der Waals surface area contributed by atoms with Crippen LogP contribution in [0.3, 0.4) is 0 Å². The number of carbonyl (C=O) groups is 1. The number of nitrogens with one attached hydrogen (secondary N) is 2. The fourth-order valence-electron chi connectivity index (χ4n) is 1.29. The lowest BCUT2D eigenvalue weighted by Crippen LogP contribution is -2.24. The molecule has 5 nitrogen and oxygen atoms in total. The van der Waals surface area contributed by atoms with E-state index in [1.54, 1.807) is 12.1 Å². The zero-order chi connectivity index (χ0) is 11.8. The molecule has 5 heteroatoms. The van der Waals surface area contributed by atoms with E-state index in [1.165, 1.54) is 6.20 Å². The summed E-state index contributed by atoms with van der Waals surface area (Å²) in [7, 11) is 0. The molecule has 0 aliphatic carbocycles. The van der Waals surface area contributed by atoms with Crippen molar-refractivity contribution >= 4 is 11.7 Å². The van der Waals surface area contributed by atoms with Crippen LogP contribution in [0.5, 0.6) is 0 Å². The van der Waals surface area contributed by atoms with Crippen LogP contribution in [0.2, 0.25) is 0 Å². The van der Waals surface area contributed by atoms with Gasteiger partial charge in [0.1, 0.15) is 5.82 Å². The van der Waals surface area contributed by atoms with Gasteiger partial charge in [-0.1, -0.05) is 19.8 Å². The summed E-state index contributed by atoms with van der Waals surface area (Å²) in [6, 6.07) is 3.36. The highest BCUT2D eigenvalue weighted by molar-refractivity contribution is 5.93. The molecule has 0 atom stereocenters. The summed E-state index contributed by atoms with van der Waals surface area (Å²) in [5, 5.41) is 2.84. The van der Waals surface area contributed by atoms with Crippen molar-refractivity contribution in [1.29, 1.82) is 0 Å². The number of nitrogen functional groups attached to an aromatic ring is 1. The second-order valence-corrected chi connectivity index (χ2v) is 3.54. The Bertz CT molecular complexity index is 323. The van der Waals surface area contributed by atoms with Gasteiger partial charge in [-0.2, -0.15) is 0 Å². The van der Waals surface area contributed by atoms with Crippen LogP contribution in [0.25, 0.3) is 0 Å². The van der Waals surface area contributed by atoms with Gasteiger partial charge in [-0.05, 0) is 18.6 Å². The summed E-state index contributed by atoms with van der Waals surface area (Å²) in [5.41, 5.74) is 2.96. The molecule has 0 saturated carbocycles. The Morgan fingerprint density at radius 3 is 2.81 bits per heavy atom. The number of hydrogen-bond acceptors (Lipinski definition) is 4. The molecular weight excluding hydrogens is 204 g/mol. The monoisotopic (exact) mass is 222 g/mol. The molecule has 0 spiro atoms. The van der Waals surface area contributed by atoms with E-state index < -0.39 is 0 Å². The van der Waals surface area contributed by atoms with Crippen molar-refractivity contribution in [2.24, 2.45) is 5.84 Å². The lowest BCUT2D eigenvalue weighted by Gasteiger charge is -2.05. The number of carbonyl (C=O) groups excluding carboxylic acids is 1. The predicted molar refractivity (Wildman–Crippen MR) is 63.9 cm³/mol. The van der Waals surface area contributed by atoms with Crippen molar-refractivity contribution in [1.82, 2.24) is 10.3 Å². The molecule has 0 aliphatic rings. The number of nitrogens with zero attached hydrogens (tertiary/aromatic N) is 1. The van der Waals surface area contributed by atoms with Crippen LogP contribution in [-0.4, -0.2) is 17.4 Å². The highest BCUT2D eigenvalue weighted by Gasteiger charge is 2.04. The third-order valence-electron chi connectivity index (χ3n) is 2.24. The third kappa shape index (κ3) is 3.86. The van der Waals surface area contributed by atoms with Gasteiger partial charge in [0.2, 0.25) is 0 Å². The minimum absolute atomic E-state index is 0.0906. The van der Waals surface area contributed by atoms with Crippen LogP contribution in [0.1, 0.15) is 36.5 Å². The van der Waals surface area contributed by atoms with Gasteiger partial charge in [-0.25, -0.2) is 10.8 Å². The van der Waals surface area contributed by atoms with E-state index in [1.807, 2.05) is 0 Å². The van der Waals surface area contributed by atoms with E-state index in [0.717, 1.165) is 19.3 Å². The molecular formula is C11H18N4O. The van der Waals surface area contributed by atoms with Crippen LogP contribution >= 0.6 is 0 Å². The van der Waals surface area contributed by atoms with Gasteiger partial charge in [0, 0.05) is 12.7 Å². The molecule has 1 rings (SSSR count). The van der Waals surface area contributed by atoms with Gasteiger partial charge in [-0.15, -0.1) is 0 Å². The Morgan fingerprint density at radius 2 is 2.25 bits per heavy atom. The number of amides is 1. The van der Waals surface area contributed by atoms with Crippen LogP contribution < -0.4 is 16.6 Å². The number of anilines is 1. The maximum atomic E-state index is 11.6. The standard InChI is InChI=1S/C11H18N4O/c1-2-3-4-7-13-11(16)9-5-6-10(15-12)14-8-9/h5-6,8H,2-4,7,12H2,1H3,(H,13,16)(H,14,15). The molecule has 1 heterocycles. The number of unbranched alkanes of at least 4 members (excludes halogenated alkanes) is 2. The topological polar surface area (TPSA) is 80.0 Å². The Balaban J connectivity index is 2.40. The Labute approximate surface area is 95.4 Å². The number of rotatable bonds is 6. The number of aromatic nitrogens is 1. The molecule has 0 aliphatic heterocycles. The Morgan fingerprint density at radius 1 is 1.44 bits per heavy atom. The van der Waals surface area contributed by atoms with Gasteiger partial charge in [0.25, 0.3) is 5.91 Å². The van der Waals surface area contributed by atoms with Crippen LogP contribution in [0, 0.1) is 0 Å². The van der Waals surface area contributed by atoms with Gasteiger partial charge in [-0.3, -0.25) is 4.79 Å². The van der Waals surface area contributed by atoms with Gasteiger partial charge in [0.05, 0.1) is 5.56 Å². The first-order valence-electron chi connectivity index (χ1n) is 5.48. The highest BCUT2D eigenvalue weighted by Crippen LogP contribution is 2.03. The maximum Gasteiger partial charge on any atom is 0.252 e. The number of hydrazine groups is 1. The number of nitrogens with two attached hydrogens (primary N) is 1. The van der Waals surface area contributed by atoms with E-state index in [2.05, 4.69) is 22.7 Å². The van der Waals surface area contributed by atoms with E-state index in [4.69, 9.17) is 5.84 Å². The molecule has 0 fully saturated rings. The smallest absolute Gasteiger partial charge is 0.252 e. The van der Waals surface area contributed by atoms with Gasteiger partial charge in [0.15, 0.2) is 0 Å². The van der Waals surface area contributed by atoms with Crippen LogP contribution in [-0.2, 0) is 0 Å². The summed E-state index contributed by atoms with van der Waals surface area (Å²) in [4.78, 5) is 15.6. The van der Waals surface area contributed by atoms with Crippen molar-refractivity contribution in [3.8, 4) is 0 Å². The third-order valence-corrected chi connectivity index (χ3v) is 2.24. The molecule has 4 N–H and O–H groups in total. The second-order valence-electron chi connectivity index (χ2n) is 3.54. The summed E-state index contributed by atoms with van der Waals surface area (Å²) in [5.74, 6) is 5.63. The predicted octanol–water partition coefficient (Wildman–Crippen LogP) is 1.29. The molecule has 0 aromatic carbocycles. The minimum Gasteiger partial charge on any atom is -0.352 e. The highest BCUT2D eigenvalue weighted by atomic mass is 16.1. The SMILES string of the molecule is CCCCCNC(=O)c1ccc(NN)nc1. The van der Waals surface area contributed by atoms with Crippen LogP contribution in [0.4, 0.5) is 5.82 Å². The first-order valence-corrected chi connectivity index (χ1v) is 5.48. The van der Waals surface area contributed by atoms with Gasteiger partial charge >= 0.3 is 0 Å². The molecule has 1 aromatic heterocycles. The van der Waals surface area contributed by atoms with Crippen molar-refractivity contribution in [2.75, 3.05) is 12.0 Å². The zero-order valence-corrected chi connectivity index (χ0v) is 9.49. The fourth-order valence-corrected chi connectivity index (χ4v) is 1.29. The molecule has 1 aromatic rings. The van der Waals surface area contributed by atoms with E-state index in [9.17, 15) is 4.79 Å². The Kier molecular flexibility index (Phi) is 5.28. The van der Waals surface area contributed by atoms with Crippen LogP contribution in [0.15, 0.2) is 18.3 Å². The first-order chi connectivity index (χ1) is 7.77. The molecule has 0 bridgehead atoms. The second kappa shape index (κ2) is 6.79. The molecule has 0 saturated heterocycles. The van der Waals surface area contributed by atoms with E-state index >= 15 is 0 Å². The maximum absolute atomic E-state index is 11.6.